The molecule has 0 atom stereocenters. The second-order valence-corrected chi connectivity index (χ2v) is 11.3. The number of amides is 2. The number of likely N-dealkylation sites (tertiary alicyclic amines) is 2. The van der Waals surface area contributed by atoms with E-state index in [0.29, 0.717) is 12.1 Å². The van der Waals surface area contributed by atoms with Gasteiger partial charge in [0.05, 0.1) is 17.0 Å². The van der Waals surface area contributed by atoms with Gasteiger partial charge in [-0.25, -0.2) is 14.4 Å². The summed E-state index contributed by atoms with van der Waals surface area (Å²) in [4.78, 5) is 41.4. The number of piperidine rings is 2. The Balaban J connectivity index is 1.20. The molecule has 2 aromatic rings. The van der Waals surface area contributed by atoms with Crippen molar-refractivity contribution in [2.75, 3.05) is 26.2 Å². The van der Waals surface area contributed by atoms with Crippen LogP contribution in [0.15, 0.2) is 30.6 Å². The van der Waals surface area contributed by atoms with Crippen LogP contribution in [-0.4, -0.2) is 74.2 Å². The van der Waals surface area contributed by atoms with E-state index in [2.05, 4.69) is 21.8 Å². The second kappa shape index (κ2) is 10.5. The Hall–Kier alpha value is -2.87. The standard InChI is InChI=1S/C29H38FN5O2/c1-20-26(21(2)32-19-31-20)28(37)33-15-11-29(3,12-16-33)34-13-9-25(10-14-34)35(27(36)23-7-8-23)18-22-5-4-6-24(30)17-22/h4-6,17,19,23,25H,7-16,18H2,1-3H3. The normalized spacial score (nSPS) is 20.6. The maximum Gasteiger partial charge on any atom is 0.257 e. The number of rotatable bonds is 6. The number of nitrogens with zero attached hydrogens (tertiary/aromatic N) is 5. The molecule has 1 aromatic heterocycles. The highest BCUT2D eigenvalue weighted by Gasteiger charge is 2.42. The van der Waals surface area contributed by atoms with Crippen LogP contribution in [0.4, 0.5) is 4.39 Å². The van der Waals surface area contributed by atoms with Crippen LogP contribution < -0.4 is 0 Å². The van der Waals surface area contributed by atoms with Crippen LogP contribution in [0.5, 0.6) is 0 Å². The van der Waals surface area contributed by atoms with E-state index in [0.717, 1.165) is 81.7 Å². The van der Waals surface area contributed by atoms with Crippen molar-refractivity contribution in [3.8, 4) is 0 Å². The van der Waals surface area contributed by atoms with Gasteiger partial charge in [0.25, 0.3) is 5.91 Å². The molecule has 3 heterocycles. The summed E-state index contributed by atoms with van der Waals surface area (Å²) in [6.07, 6.45) is 7.14. The lowest BCUT2D eigenvalue weighted by atomic mass is 9.85. The molecule has 0 unspecified atom stereocenters. The minimum absolute atomic E-state index is 0.0305. The molecule has 1 aromatic carbocycles. The van der Waals surface area contributed by atoms with Crippen molar-refractivity contribution >= 4 is 11.8 Å². The summed E-state index contributed by atoms with van der Waals surface area (Å²) in [7, 11) is 0. The molecular formula is C29H38FN5O2. The summed E-state index contributed by atoms with van der Waals surface area (Å²) in [5.41, 5.74) is 2.99. The van der Waals surface area contributed by atoms with E-state index in [4.69, 9.17) is 0 Å². The van der Waals surface area contributed by atoms with Crippen LogP contribution in [0.1, 0.15) is 72.8 Å². The number of aryl methyl sites for hydroxylation is 2. The van der Waals surface area contributed by atoms with Gasteiger partial charge >= 0.3 is 0 Å². The van der Waals surface area contributed by atoms with Gasteiger partial charge in [-0.15, -0.1) is 0 Å². The van der Waals surface area contributed by atoms with Crippen LogP contribution >= 0.6 is 0 Å². The third-order valence-electron chi connectivity index (χ3n) is 8.69. The third-order valence-corrected chi connectivity index (χ3v) is 8.69. The van der Waals surface area contributed by atoms with Crippen molar-refractivity contribution in [3.05, 3.63) is 58.9 Å². The van der Waals surface area contributed by atoms with Crippen molar-refractivity contribution < 1.29 is 14.0 Å². The summed E-state index contributed by atoms with van der Waals surface area (Å²) < 4.78 is 13.8. The number of hydrogen-bond acceptors (Lipinski definition) is 5. The van der Waals surface area contributed by atoms with Gasteiger partial charge in [0, 0.05) is 50.2 Å². The lowest BCUT2D eigenvalue weighted by molar-refractivity contribution is -0.137. The number of carbonyl (C=O) groups excluding carboxylic acids is 2. The molecule has 7 nitrogen and oxygen atoms in total. The highest BCUT2D eigenvalue weighted by Crippen LogP contribution is 2.36. The van der Waals surface area contributed by atoms with Crippen LogP contribution in [-0.2, 0) is 11.3 Å². The number of carbonyl (C=O) groups is 2. The fraction of sp³-hybridized carbons (Fsp3) is 0.586. The minimum Gasteiger partial charge on any atom is -0.338 e. The van der Waals surface area contributed by atoms with Gasteiger partial charge in [0.2, 0.25) is 5.91 Å². The molecule has 37 heavy (non-hydrogen) atoms. The number of aromatic nitrogens is 2. The maximum atomic E-state index is 13.8. The molecule has 3 fully saturated rings. The van der Waals surface area contributed by atoms with Gasteiger partial charge in [-0.1, -0.05) is 12.1 Å². The highest BCUT2D eigenvalue weighted by molar-refractivity contribution is 5.96. The van der Waals surface area contributed by atoms with Crippen LogP contribution in [0.25, 0.3) is 0 Å². The van der Waals surface area contributed by atoms with Gasteiger partial charge in [0.1, 0.15) is 12.1 Å². The molecule has 2 amide bonds. The SMILES string of the molecule is Cc1ncnc(C)c1C(=O)N1CCC(C)(N2CCC(N(Cc3cccc(F)c3)C(=O)C3CC3)CC2)CC1. The van der Waals surface area contributed by atoms with Crippen molar-refractivity contribution in [1.82, 2.24) is 24.7 Å². The quantitative estimate of drug-likeness (QED) is 0.588. The maximum absolute atomic E-state index is 13.8. The second-order valence-electron chi connectivity index (χ2n) is 11.3. The molecule has 0 N–H and O–H groups in total. The van der Waals surface area contributed by atoms with Gasteiger partial charge < -0.3 is 9.80 Å². The molecule has 1 aliphatic carbocycles. The van der Waals surface area contributed by atoms with Crippen LogP contribution in [0, 0.1) is 25.6 Å². The summed E-state index contributed by atoms with van der Waals surface area (Å²) >= 11 is 0. The van der Waals surface area contributed by atoms with Gasteiger partial charge in [0.15, 0.2) is 0 Å². The Morgan fingerprint density at radius 2 is 1.68 bits per heavy atom. The fourth-order valence-corrected chi connectivity index (χ4v) is 6.07. The molecule has 0 bridgehead atoms. The Morgan fingerprint density at radius 3 is 2.27 bits per heavy atom. The Bertz CT molecular complexity index is 1130. The largest absolute Gasteiger partial charge is 0.338 e. The first-order valence-corrected chi connectivity index (χ1v) is 13.6. The summed E-state index contributed by atoms with van der Waals surface area (Å²) in [6.45, 7) is 9.82. The van der Waals surface area contributed by atoms with E-state index in [9.17, 15) is 14.0 Å². The first kappa shape index (κ1) is 25.8. The van der Waals surface area contributed by atoms with E-state index in [1.54, 1.807) is 12.1 Å². The molecule has 2 saturated heterocycles. The van der Waals surface area contributed by atoms with Crippen molar-refractivity contribution in [3.63, 3.8) is 0 Å². The van der Waals surface area contributed by atoms with Crippen LogP contribution in [0.3, 0.4) is 0 Å². The zero-order valence-electron chi connectivity index (χ0n) is 22.3. The van der Waals surface area contributed by atoms with Gasteiger partial charge in [-0.05, 0) is 77.0 Å². The summed E-state index contributed by atoms with van der Waals surface area (Å²) in [5.74, 6) is 0.154. The van der Waals surface area contributed by atoms with Crippen molar-refractivity contribution in [1.29, 1.82) is 0 Å². The number of benzene rings is 1. The van der Waals surface area contributed by atoms with E-state index in [1.807, 2.05) is 29.7 Å². The van der Waals surface area contributed by atoms with Gasteiger partial charge in [-0.2, -0.15) is 0 Å². The predicted molar refractivity (Wildman–Crippen MR) is 139 cm³/mol. The van der Waals surface area contributed by atoms with E-state index < -0.39 is 0 Å². The molecular weight excluding hydrogens is 469 g/mol. The van der Waals surface area contributed by atoms with E-state index >= 15 is 0 Å². The number of hydrogen-bond donors (Lipinski definition) is 0. The van der Waals surface area contributed by atoms with Crippen LogP contribution in [0.2, 0.25) is 0 Å². The molecule has 0 radical (unpaired) electrons. The minimum atomic E-state index is -0.256. The summed E-state index contributed by atoms with van der Waals surface area (Å²) in [5, 5.41) is 0. The first-order valence-electron chi connectivity index (χ1n) is 13.6. The monoisotopic (exact) mass is 507 g/mol. The molecule has 3 aliphatic rings. The summed E-state index contributed by atoms with van der Waals surface area (Å²) in [6, 6.07) is 6.81. The molecule has 0 spiro atoms. The molecule has 1 saturated carbocycles. The lowest BCUT2D eigenvalue weighted by Gasteiger charge is -2.50. The fourth-order valence-electron chi connectivity index (χ4n) is 6.07. The number of halogens is 1. The van der Waals surface area contributed by atoms with E-state index in [-0.39, 0.29) is 35.1 Å². The lowest BCUT2D eigenvalue weighted by Crippen LogP contribution is -2.58. The van der Waals surface area contributed by atoms with Gasteiger partial charge in [-0.3, -0.25) is 14.5 Å². The zero-order chi connectivity index (χ0) is 26.2. The third kappa shape index (κ3) is 5.54. The Morgan fingerprint density at radius 1 is 1.03 bits per heavy atom. The topological polar surface area (TPSA) is 69.6 Å². The van der Waals surface area contributed by atoms with Crippen molar-refractivity contribution in [2.24, 2.45) is 5.92 Å². The first-order chi connectivity index (χ1) is 17.7. The van der Waals surface area contributed by atoms with Crippen molar-refractivity contribution in [2.45, 2.75) is 77.4 Å². The average molecular weight is 508 g/mol. The highest BCUT2D eigenvalue weighted by atomic mass is 19.1. The Labute approximate surface area is 219 Å². The Kier molecular flexibility index (Phi) is 7.30. The van der Waals surface area contributed by atoms with E-state index in [1.165, 1.54) is 12.4 Å². The molecule has 8 heteroatoms. The zero-order valence-corrected chi connectivity index (χ0v) is 22.3. The molecule has 198 valence electrons. The smallest absolute Gasteiger partial charge is 0.257 e. The predicted octanol–water partition coefficient (Wildman–Crippen LogP) is 4.13. The molecule has 2 aliphatic heterocycles. The molecule has 5 rings (SSSR count). The average Bonchev–Trinajstić information content (AvgIpc) is 3.73.